The second-order valence-corrected chi connectivity index (χ2v) is 7.02. The number of nitrogens with zero attached hydrogens (tertiary/aromatic N) is 2. The highest BCUT2D eigenvalue weighted by molar-refractivity contribution is 9.10. The number of benzene rings is 2. The molecule has 6 nitrogen and oxygen atoms in total. The van der Waals surface area contributed by atoms with Crippen LogP contribution in [0.15, 0.2) is 52.7 Å². The van der Waals surface area contributed by atoms with Crippen molar-refractivity contribution in [2.45, 2.75) is 12.2 Å². The third-order valence-corrected chi connectivity index (χ3v) is 5.18. The summed E-state index contributed by atoms with van der Waals surface area (Å²) < 4.78 is 39.5. The summed E-state index contributed by atoms with van der Waals surface area (Å²) in [7, 11) is 1.48. The molecule has 1 unspecified atom stereocenters. The zero-order valence-corrected chi connectivity index (χ0v) is 15.9. The van der Waals surface area contributed by atoms with Gasteiger partial charge in [0.15, 0.2) is 0 Å². The third-order valence-electron chi connectivity index (χ3n) is 4.46. The van der Waals surface area contributed by atoms with Crippen molar-refractivity contribution in [1.29, 1.82) is 5.41 Å². The van der Waals surface area contributed by atoms with Gasteiger partial charge in [-0.05, 0) is 23.8 Å². The Morgan fingerprint density at radius 3 is 2.54 bits per heavy atom. The quantitative estimate of drug-likeness (QED) is 0.484. The molecule has 28 heavy (non-hydrogen) atoms. The summed E-state index contributed by atoms with van der Waals surface area (Å²) in [6, 6.07) is 7.35. The standard InChI is InChI=1S/C18H13BrF3N3O3/c1-24-15(12-8-11(25(27)28)5-6-13(12)19)16(26)14(17(24)23)9-3-2-4-10(7-9)18(20,21)22/h2-8,15,23,26H,1H3. The number of alkyl halides is 3. The largest absolute Gasteiger partial charge is 0.509 e. The highest BCUT2D eigenvalue weighted by Gasteiger charge is 2.39. The van der Waals surface area contributed by atoms with Crippen molar-refractivity contribution in [3.8, 4) is 0 Å². The molecule has 1 aliphatic heterocycles. The zero-order chi connectivity index (χ0) is 20.8. The number of hydrogen-bond acceptors (Lipinski definition) is 4. The number of rotatable bonds is 3. The number of aliphatic hydroxyl groups excluding tert-OH is 1. The molecule has 0 saturated carbocycles. The number of non-ortho nitro benzene ring substituents is 1. The van der Waals surface area contributed by atoms with Crippen LogP contribution in [0.1, 0.15) is 22.7 Å². The van der Waals surface area contributed by atoms with E-state index in [-0.39, 0.29) is 28.4 Å². The average molecular weight is 456 g/mol. The molecule has 1 heterocycles. The van der Waals surface area contributed by atoms with Crippen LogP contribution in [0.3, 0.4) is 0 Å². The van der Waals surface area contributed by atoms with Gasteiger partial charge in [-0.1, -0.05) is 28.1 Å². The zero-order valence-electron chi connectivity index (χ0n) is 14.3. The Labute approximate surface area is 165 Å². The molecule has 2 aromatic carbocycles. The Morgan fingerprint density at radius 1 is 1.25 bits per heavy atom. The monoisotopic (exact) mass is 455 g/mol. The van der Waals surface area contributed by atoms with Gasteiger partial charge in [0.1, 0.15) is 17.6 Å². The molecule has 2 aromatic rings. The predicted molar refractivity (Wildman–Crippen MR) is 100 cm³/mol. The van der Waals surface area contributed by atoms with Gasteiger partial charge in [0.25, 0.3) is 5.69 Å². The van der Waals surface area contributed by atoms with Crippen molar-refractivity contribution in [3.63, 3.8) is 0 Å². The summed E-state index contributed by atoms with van der Waals surface area (Å²) >= 11 is 3.28. The molecule has 0 fully saturated rings. The first-order chi connectivity index (χ1) is 13.0. The van der Waals surface area contributed by atoms with E-state index in [9.17, 15) is 28.4 Å². The van der Waals surface area contributed by atoms with Gasteiger partial charge in [0.2, 0.25) is 0 Å². The topological polar surface area (TPSA) is 90.5 Å². The smallest absolute Gasteiger partial charge is 0.416 e. The van der Waals surface area contributed by atoms with Crippen LogP contribution in [0.2, 0.25) is 0 Å². The molecule has 0 aliphatic carbocycles. The maximum absolute atomic E-state index is 13.0. The maximum atomic E-state index is 13.0. The fourth-order valence-corrected chi connectivity index (χ4v) is 3.56. The Kier molecular flexibility index (Phi) is 4.92. The van der Waals surface area contributed by atoms with E-state index in [1.54, 1.807) is 0 Å². The molecule has 10 heteroatoms. The number of nitrogens with one attached hydrogen (secondary N) is 1. The third kappa shape index (κ3) is 3.35. The van der Waals surface area contributed by atoms with Gasteiger partial charge < -0.3 is 10.0 Å². The van der Waals surface area contributed by atoms with Crippen molar-refractivity contribution in [1.82, 2.24) is 4.90 Å². The lowest BCUT2D eigenvalue weighted by molar-refractivity contribution is -0.385. The summed E-state index contributed by atoms with van der Waals surface area (Å²) in [6.45, 7) is 0. The van der Waals surface area contributed by atoms with E-state index in [1.165, 1.54) is 42.3 Å². The maximum Gasteiger partial charge on any atom is 0.416 e. The first kappa shape index (κ1) is 19.9. The van der Waals surface area contributed by atoms with Crippen molar-refractivity contribution >= 4 is 33.0 Å². The Hall–Kier alpha value is -2.88. The van der Waals surface area contributed by atoms with Crippen LogP contribution >= 0.6 is 15.9 Å². The SMILES string of the molecule is CN1C(=N)C(c2cccc(C(F)(F)F)c2)=C(O)C1c1cc([N+](=O)[O-])ccc1Br. The molecule has 1 atom stereocenters. The van der Waals surface area contributed by atoms with Crippen LogP contribution in [-0.2, 0) is 6.18 Å². The summed E-state index contributed by atoms with van der Waals surface area (Å²) in [5, 5.41) is 30.1. The van der Waals surface area contributed by atoms with Gasteiger partial charge in [0, 0.05) is 29.2 Å². The molecule has 0 aromatic heterocycles. The molecular formula is C18H13BrF3N3O3. The van der Waals surface area contributed by atoms with E-state index >= 15 is 0 Å². The number of nitro groups is 1. The lowest BCUT2D eigenvalue weighted by Gasteiger charge is -2.23. The molecule has 0 bridgehead atoms. The number of hydrogen-bond donors (Lipinski definition) is 2. The van der Waals surface area contributed by atoms with Crippen LogP contribution in [0.5, 0.6) is 0 Å². The van der Waals surface area contributed by atoms with E-state index in [1.807, 2.05) is 0 Å². The summed E-state index contributed by atoms with van der Waals surface area (Å²) in [6.07, 6.45) is -4.57. The molecule has 0 saturated heterocycles. The van der Waals surface area contributed by atoms with Gasteiger partial charge in [-0.25, -0.2) is 0 Å². The normalized spacial score (nSPS) is 17.4. The fourth-order valence-electron chi connectivity index (χ4n) is 3.09. The average Bonchev–Trinajstić information content (AvgIpc) is 2.84. The van der Waals surface area contributed by atoms with Crippen molar-refractivity contribution in [2.24, 2.45) is 0 Å². The first-order valence-corrected chi connectivity index (χ1v) is 8.68. The molecule has 0 spiro atoms. The summed E-state index contributed by atoms with van der Waals surface area (Å²) in [5.74, 6) is -0.548. The number of nitro benzene ring substituents is 1. The summed E-state index contributed by atoms with van der Waals surface area (Å²) in [5.41, 5.74) is -0.814. The highest BCUT2D eigenvalue weighted by atomic mass is 79.9. The van der Waals surface area contributed by atoms with Crippen LogP contribution in [-0.4, -0.2) is 27.8 Å². The predicted octanol–water partition coefficient (Wildman–Crippen LogP) is 5.31. The van der Waals surface area contributed by atoms with E-state index in [2.05, 4.69) is 15.9 Å². The van der Waals surface area contributed by atoms with Crippen LogP contribution in [0.4, 0.5) is 18.9 Å². The molecule has 0 radical (unpaired) electrons. The van der Waals surface area contributed by atoms with Crippen LogP contribution in [0.25, 0.3) is 5.57 Å². The van der Waals surface area contributed by atoms with Crippen molar-refractivity contribution in [3.05, 3.63) is 79.5 Å². The lowest BCUT2D eigenvalue weighted by Crippen LogP contribution is -2.25. The van der Waals surface area contributed by atoms with Gasteiger partial charge in [0.05, 0.1) is 16.1 Å². The molecule has 146 valence electrons. The van der Waals surface area contributed by atoms with E-state index < -0.39 is 22.7 Å². The minimum Gasteiger partial charge on any atom is -0.509 e. The van der Waals surface area contributed by atoms with Gasteiger partial charge >= 0.3 is 6.18 Å². The molecule has 0 amide bonds. The minimum absolute atomic E-state index is 0.0354. The fraction of sp³-hybridized carbons (Fsp3) is 0.167. The second-order valence-electron chi connectivity index (χ2n) is 6.16. The van der Waals surface area contributed by atoms with Crippen LogP contribution in [0, 0.1) is 15.5 Å². The van der Waals surface area contributed by atoms with Gasteiger partial charge in [-0.15, -0.1) is 0 Å². The first-order valence-electron chi connectivity index (χ1n) is 7.88. The van der Waals surface area contributed by atoms with E-state index in [0.717, 1.165) is 12.1 Å². The second kappa shape index (κ2) is 6.93. The number of halogens is 4. The summed E-state index contributed by atoms with van der Waals surface area (Å²) in [4.78, 5) is 11.8. The molecule has 3 rings (SSSR count). The van der Waals surface area contributed by atoms with E-state index in [4.69, 9.17) is 5.41 Å². The molecule has 1 aliphatic rings. The van der Waals surface area contributed by atoms with Crippen LogP contribution < -0.4 is 0 Å². The molecular weight excluding hydrogens is 443 g/mol. The molecule has 2 N–H and O–H groups in total. The van der Waals surface area contributed by atoms with Crippen molar-refractivity contribution < 1.29 is 23.2 Å². The Bertz CT molecular complexity index is 1020. The Morgan fingerprint density at radius 2 is 1.93 bits per heavy atom. The lowest BCUT2D eigenvalue weighted by atomic mass is 9.99. The Balaban J connectivity index is 2.15. The number of amidine groups is 1. The van der Waals surface area contributed by atoms with Gasteiger partial charge in [-0.3, -0.25) is 15.5 Å². The van der Waals surface area contributed by atoms with Crippen molar-refractivity contribution in [2.75, 3.05) is 7.05 Å². The number of likely N-dealkylation sites (N-methyl/N-ethyl adjacent to an activating group) is 1. The number of aliphatic hydroxyl groups is 1. The van der Waals surface area contributed by atoms with E-state index in [0.29, 0.717) is 10.0 Å². The highest BCUT2D eigenvalue weighted by Crippen LogP contribution is 2.43. The minimum atomic E-state index is -4.57. The van der Waals surface area contributed by atoms with Gasteiger partial charge in [-0.2, -0.15) is 13.2 Å².